The lowest BCUT2D eigenvalue weighted by Crippen LogP contribution is -2.32. The average Bonchev–Trinajstić information content (AvgIpc) is 2.90. The Hall–Kier alpha value is -2.35. The Labute approximate surface area is 146 Å². The van der Waals surface area contributed by atoms with Crippen molar-refractivity contribution in [3.63, 3.8) is 0 Å². The molecule has 0 saturated carbocycles. The van der Waals surface area contributed by atoms with Gasteiger partial charge in [0.25, 0.3) is 5.91 Å². The Morgan fingerprint density at radius 1 is 1.38 bits per heavy atom. The number of hydrogen-bond acceptors (Lipinski definition) is 5. The van der Waals surface area contributed by atoms with E-state index in [1.807, 2.05) is 0 Å². The molecule has 1 aromatic rings. The van der Waals surface area contributed by atoms with Gasteiger partial charge in [-0.1, -0.05) is 19.8 Å². The number of thiocarbonyl (C=S) groups is 1. The van der Waals surface area contributed by atoms with Crippen molar-refractivity contribution >= 4 is 34.9 Å². The molecule has 2 heterocycles. The van der Waals surface area contributed by atoms with Gasteiger partial charge in [0.1, 0.15) is 6.04 Å². The molecule has 7 nitrogen and oxygen atoms in total. The van der Waals surface area contributed by atoms with Gasteiger partial charge in [0.05, 0.1) is 0 Å². The zero-order valence-corrected chi connectivity index (χ0v) is 14.4. The van der Waals surface area contributed by atoms with Crippen LogP contribution in [0.25, 0.3) is 0 Å². The first kappa shape index (κ1) is 18.0. The number of amides is 2. The van der Waals surface area contributed by atoms with Crippen LogP contribution in [0.2, 0.25) is 0 Å². The molecule has 1 aliphatic rings. The molecule has 0 radical (unpaired) electrons. The van der Waals surface area contributed by atoms with Crippen LogP contribution in [0.1, 0.15) is 49.4 Å². The van der Waals surface area contributed by atoms with Crippen molar-refractivity contribution < 1.29 is 9.59 Å². The standard InChI is InChI=1S/C16H21N5O2S/c1-2-3-4-5-12(10-13-15(23)19-16(24)18-13)20-21-14(22)11-6-8-17-9-7-11/h6-9,13H,2-5,10H2,1H3,(H,21,22)(H2,18,19,23,24)/b20-12+. The quantitative estimate of drug-likeness (QED) is 0.287. The molecule has 1 unspecified atom stereocenters. The van der Waals surface area contributed by atoms with E-state index in [2.05, 4.69) is 33.1 Å². The Morgan fingerprint density at radius 2 is 2.12 bits per heavy atom. The van der Waals surface area contributed by atoms with Crippen molar-refractivity contribution in [1.29, 1.82) is 0 Å². The van der Waals surface area contributed by atoms with Gasteiger partial charge in [-0.3, -0.25) is 14.6 Å². The van der Waals surface area contributed by atoms with Crippen LogP contribution in [0.5, 0.6) is 0 Å². The number of pyridine rings is 1. The predicted molar refractivity (Wildman–Crippen MR) is 95.6 cm³/mol. The van der Waals surface area contributed by atoms with E-state index >= 15 is 0 Å². The molecule has 3 N–H and O–H groups in total. The third-order valence-electron chi connectivity index (χ3n) is 3.63. The molecular weight excluding hydrogens is 326 g/mol. The maximum absolute atomic E-state index is 12.1. The highest BCUT2D eigenvalue weighted by molar-refractivity contribution is 7.80. The Bertz CT molecular complexity index is 633. The fourth-order valence-corrected chi connectivity index (χ4v) is 2.56. The fourth-order valence-electron chi connectivity index (χ4n) is 2.32. The average molecular weight is 347 g/mol. The number of hydrazone groups is 1. The van der Waals surface area contributed by atoms with Gasteiger partial charge in [-0.2, -0.15) is 5.10 Å². The summed E-state index contributed by atoms with van der Waals surface area (Å²) < 4.78 is 0. The molecule has 0 spiro atoms. The van der Waals surface area contributed by atoms with Crippen molar-refractivity contribution in [3.8, 4) is 0 Å². The zero-order chi connectivity index (χ0) is 17.4. The number of carbonyl (C=O) groups excluding carboxylic acids is 2. The van der Waals surface area contributed by atoms with E-state index in [0.29, 0.717) is 17.1 Å². The van der Waals surface area contributed by atoms with Gasteiger partial charge in [-0.05, 0) is 37.2 Å². The van der Waals surface area contributed by atoms with E-state index in [4.69, 9.17) is 12.2 Å². The molecule has 1 aliphatic heterocycles. The second kappa shape index (κ2) is 9.07. The number of rotatable bonds is 8. The monoisotopic (exact) mass is 347 g/mol. The highest BCUT2D eigenvalue weighted by Gasteiger charge is 2.28. The van der Waals surface area contributed by atoms with Crippen molar-refractivity contribution in [3.05, 3.63) is 30.1 Å². The van der Waals surface area contributed by atoms with Gasteiger partial charge < -0.3 is 10.6 Å². The minimum absolute atomic E-state index is 0.163. The van der Waals surface area contributed by atoms with Gasteiger partial charge in [-0.15, -0.1) is 0 Å². The summed E-state index contributed by atoms with van der Waals surface area (Å²) >= 11 is 4.94. The largest absolute Gasteiger partial charge is 0.350 e. The molecule has 2 rings (SSSR count). The normalized spacial score (nSPS) is 17.4. The maximum Gasteiger partial charge on any atom is 0.271 e. The molecule has 1 fully saturated rings. The number of unbranched alkanes of at least 4 members (excludes halogenated alkanes) is 2. The number of nitrogens with zero attached hydrogens (tertiary/aromatic N) is 2. The summed E-state index contributed by atoms with van der Waals surface area (Å²) in [7, 11) is 0. The Kier molecular flexibility index (Phi) is 6.80. The van der Waals surface area contributed by atoms with E-state index in [0.717, 1.165) is 31.4 Å². The Morgan fingerprint density at radius 3 is 2.75 bits per heavy atom. The molecule has 1 aromatic heterocycles. The van der Waals surface area contributed by atoms with Crippen LogP contribution in [0, 0.1) is 0 Å². The number of hydrogen-bond donors (Lipinski definition) is 3. The number of aromatic nitrogens is 1. The minimum Gasteiger partial charge on any atom is -0.350 e. The Balaban J connectivity index is 2.00. The topological polar surface area (TPSA) is 95.5 Å². The van der Waals surface area contributed by atoms with Crippen LogP contribution in [0.15, 0.2) is 29.6 Å². The molecule has 2 amide bonds. The van der Waals surface area contributed by atoms with E-state index in [1.54, 1.807) is 24.5 Å². The van der Waals surface area contributed by atoms with Crippen LogP contribution >= 0.6 is 12.2 Å². The van der Waals surface area contributed by atoms with E-state index < -0.39 is 6.04 Å². The third kappa shape index (κ3) is 5.38. The number of nitrogens with one attached hydrogen (secondary N) is 3. The fraction of sp³-hybridized carbons (Fsp3) is 0.438. The van der Waals surface area contributed by atoms with E-state index in [9.17, 15) is 9.59 Å². The summed E-state index contributed by atoms with van der Waals surface area (Å²) in [4.78, 5) is 27.7. The summed E-state index contributed by atoms with van der Waals surface area (Å²) in [5, 5.41) is 10.0. The minimum atomic E-state index is -0.435. The lowest BCUT2D eigenvalue weighted by molar-refractivity contribution is -0.119. The highest BCUT2D eigenvalue weighted by Crippen LogP contribution is 2.08. The van der Waals surface area contributed by atoms with Crippen molar-refractivity contribution in [2.75, 3.05) is 0 Å². The smallest absolute Gasteiger partial charge is 0.271 e. The molecule has 1 atom stereocenters. The van der Waals surface area contributed by atoms with Crippen LogP contribution in [0.4, 0.5) is 0 Å². The van der Waals surface area contributed by atoms with Gasteiger partial charge in [0, 0.05) is 30.1 Å². The first-order chi connectivity index (χ1) is 11.6. The highest BCUT2D eigenvalue weighted by atomic mass is 32.1. The molecule has 0 aliphatic carbocycles. The summed E-state index contributed by atoms with van der Waals surface area (Å²) in [6.45, 7) is 2.12. The predicted octanol–water partition coefficient (Wildman–Crippen LogP) is 1.51. The molecule has 128 valence electrons. The summed E-state index contributed by atoms with van der Waals surface area (Å²) in [6, 6.07) is 2.80. The molecule has 0 bridgehead atoms. The maximum atomic E-state index is 12.1. The van der Waals surface area contributed by atoms with Crippen molar-refractivity contribution in [2.45, 2.75) is 45.1 Å². The van der Waals surface area contributed by atoms with Gasteiger partial charge in [0.2, 0.25) is 5.91 Å². The molecule has 0 aromatic carbocycles. The second-order valence-corrected chi connectivity index (χ2v) is 5.94. The van der Waals surface area contributed by atoms with Gasteiger partial charge in [-0.25, -0.2) is 5.43 Å². The number of carbonyl (C=O) groups is 2. The summed E-state index contributed by atoms with van der Waals surface area (Å²) in [5.41, 5.74) is 3.81. The lowest BCUT2D eigenvalue weighted by Gasteiger charge is -2.11. The molecule has 8 heteroatoms. The van der Waals surface area contributed by atoms with Gasteiger partial charge >= 0.3 is 0 Å². The summed E-state index contributed by atoms with van der Waals surface area (Å²) in [5.74, 6) is -0.464. The molecule has 1 saturated heterocycles. The third-order valence-corrected chi connectivity index (χ3v) is 3.85. The van der Waals surface area contributed by atoms with E-state index in [1.165, 1.54) is 0 Å². The first-order valence-electron chi connectivity index (χ1n) is 7.97. The van der Waals surface area contributed by atoms with Crippen LogP contribution in [-0.4, -0.2) is 33.7 Å². The molecule has 24 heavy (non-hydrogen) atoms. The lowest BCUT2D eigenvalue weighted by atomic mass is 10.0. The zero-order valence-electron chi connectivity index (χ0n) is 13.5. The molecular formula is C16H21N5O2S. The van der Waals surface area contributed by atoms with Gasteiger partial charge in [0.15, 0.2) is 5.11 Å². The second-order valence-electron chi connectivity index (χ2n) is 5.53. The van der Waals surface area contributed by atoms with Crippen LogP contribution in [0.3, 0.4) is 0 Å². The SMILES string of the molecule is CCCCC/C(CC1NC(=S)NC1=O)=N\NC(=O)c1ccncc1. The van der Waals surface area contributed by atoms with Crippen LogP contribution < -0.4 is 16.1 Å². The summed E-state index contributed by atoms with van der Waals surface area (Å²) in [6.07, 6.45) is 7.35. The first-order valence-corrected chi connectivity index (χ1v) is 8.38. The van der Waals surface area contributed by atoms with Crippen LogP contribution in [-0.2, 0) is 4.79 Å². The van der Waals surface area contributed by atoms with E-state index in [-0.39, 0.29) is 11.8 Å². The van der Waals surface area contributed by atoms with Crippen molar-refractivity contribution in [1.82, 2.24) is 21.0 Å². The van der Waals surface area contributed by atoms with Crippen molar-refractivity contribution in [2.24, 2.45) is 5.10 Å².